The molecule has 5 heteroatoms. The summed E-state index contributed by atoms with van der Waals surface area (Å²) < 4.78 is 0. The molecule has 0 fully saturated rings. The zero-order valence-electron chi connectivity index (χ0n) is 8.62. The largest absolute Gasteiger partial charge is 0.481 e. The maximum atomic E-state index is 10.8. The fourth-order valence-corrected chi connectivity index (χ4v) is 1.95. The first kappa shape index (κ1) is 10.8. The summed E-state index contributed by atoms with van der Waals surface area (Å²) in [7, 11) is 0. The number of carboxylic acid groups (broad SMARTS) is 1. The van der Waals surface area contributed by atoms with Crippen LogP contribution in [-0.4, -0.2) is 21.0 Å². The molecule has 0 aliphatic heterocycles. The molecular weight excluding hydrogens is 224 g/mol. The molecule has 1 atom stereocenters. The Labute approximate surface area is 96.6 Å². The van der Waals surface area contributed by atoms with Crippen LogP contribution in [0.4, 0.5) is 0 Å². The van der Waals surface area contributed by atoms with Crippen LogP contribution in [0.25, 0.3) is 10.6 Å². The van der Waals surface area contributed by atoms with Gasteiger partial charge in [0.2, 0.25) is 0 Å². The van der Waals surface area contributed by atoms with E-state index in [9.17, 15) is 4.79 Å². The van der Waals surface area contributed by atoms with Gasteiger partial charge < -0.3 is 5.11 Å². The topological polar surface area (TPSA) is 63.1 Å². The number of hydrogen-bond acceptors (Lipinski definition) is 4. The van der Waals surface area contributed by atoms with Crippen LogP contribution >= 0.6 is 11.3 Å². The average molecular weight is 234 g/mol. The number of carboxylic acids is 1. The van der Waals surface area contributed by atoms with Crippen LogP contribution in [0.5, 0.6) is 0 Å². The summed E-state index contributed by atoms with van der Waals surface area (Å²) in [6, 6.07) is 5.66. The number of carbonyl (C=O) groups is 1. The number of rotatable bonds is 3. The Kier molecular flexibility index (Phi) is 2.96. The second-order valence-corrected chi connectivity index (χ2v) is 4.29. The van der Waals surface area contributed by atoms with E-state index in [1.165, 1.54) is 0 Å². The van der Waals surface area contributed by atoms with Crippen LogP contribution in [0.2, 0.25) is 0 Å². The average Bonchev–Trinajstić information content (AvgIpc) is 2.81. The molecule has 2 aromatic heterocycles. The molecular formula is C11H10N2O2S. The maximum absolute atomic E-state index is 10.8. The lowest BCUT2D eigenvalue weighted by Gasteiger charge is -2.05. The lowest BCUT2D eigenvalue weighted by molar-refractivity contribution is -0.138. The van der Waals surface area contributed by atoms with Crippen molar-refractivity contribution in [2.45, 2.75) is 12.8 Å². The third-order valence-electron chi connectivity index (χ3n) is 2.21. The van der Waals surface area contributed by atoms with Crippen molar-refractivity contribution >= 4 is 17.3 Å². The normalized spacial score (nSPS) is 12.3. The summed E-state index contributed by atoms with van der Waals surface area (Å²) in [5, 5.41) is 10.8. The summed E-state index contributed by atoms with van der Waals surface area (Å²) in [5.41, 5.74) is 0.771. The van der Waals surface area contributed by atoms with Gasteiger partial charge in [0.25, 0.3) is 0 Å². The summed E-state index contributed by atoms with van der Waals surface area (Å²) in [6.45, 7) is 1.58. The fourth-order valence-electron chi connectivity index (χ4n) is 1.25. The predicted molar refractivity (Wildman–Crippen MR) is 61.4 cm³/mol. The second kappa shape index (κ2) is 4.40. The molecule has 2 rings (SSSR count). The lowest BCUT2D eigenvalue weighted by Crippen LogP contribution is -2.11. The molecule has 1 N–H and O–H groups in total. The Morgan fingerprint density at radius 3 is 2.94 bits per heavy atom. The monoisotopic (exact) mass is 234 g/mol. The van der Waals surface area contributed by atoms with Crippen molar-refractivity contribution in [3.05, 3.63) is 35.6 Å². The molecule has 0 aliphatic rings. The van der Waals surface area contributed by atoms with E-state index in [0.717, 1.165) is 10.6 Å². The van der Waals surface area contributed by atoms with Gasteiger partial charge in [-0.05, 0) is 24.4 Å². The fraction of sp³-hybridized carbons (Fsp3) is 0.182. The van der Waals surface area contributed by atoms with Crippen LogP contribution in [0.1, 0.15) is 18.7 Å². The minimum atomic E-state index is -0.914. The van der Waals surface area contributed by atoms with Crippen molar-refractivity contribution < 1.29 is 9.90 Å². The zero-order chi connectivity index (χ0) is 11.5. The lowest BCUT2D eigenvalue weighted by atomic mass is 10.1. The molecule has 4 nitrogen and oxygen atoms in total. The Balaban J connectivity index is 2.37. The molecule has 0 radical (unpaired) electrons. The second-order valence-electron chi connectivity index (χ2n) is 3.34. The van der Waals surface area contributed by atoms with Gasteiger partial charge in [0.05, 0.1) is 10.6 Å². The van der Waals surface area contributed by atoms with Crippen LogP contribution in [0, 0.1) is 0 Å². The minimum absolute atomic E-state index is 0.346. The smallest absolute Gasteiger partial charge is 0.313 e. The first-order valence-corrected chi connectivity index (χ1v) is 5.66. The van der Waals surface area contributed by atoms with Crippen LogP contribution in [0.15, 0.2) is 29.8 Å². The summed E-state index contributed by atoms with van der Waals surface area (Å²) in [4.78, 5) is 20.1. The SMILES string of the molecule is CC(C(=O)O)c1nccc(-c2cccs2)n1. The van der Waals surface area contributed by atoms with E-state index in [1.807, 2.05) is 17.5 Å². The highest BCUT2D eigenvalue weighted by molar-refractivity contribution is 7.13. The Hall–Kier alpha value is -1.75. The molecule has 82 valence electrons. The van der Waals surface area contributed by atoms with E-state index in [4.69, 9.17) is 5.11 Å². The van der Waals surface area contributed by atoms with Gasteiger partial charge >= 0.3 is 5.97 Å². The Bertz CT molecular complexity index is 496. The molecule has 0 spiro atoms. The standard InChI is InChI=1S/C11H10N2O2S/c1-7(11(14)15)10-12-5-4-8(13-10)9-3-2-6-16-9/h2-7H,1H3,(H,14,15). The summed E-state index contributed by atoms with van der Waals surface area (Å²) >= 11 is 1.57. The third-order valence-corrected chi connectivity index (χ3v) is 3.10. The molecule has 2 heterocycles. The van der Waals surface area contributed by atoms with Crippen LogP contribution < -0.4 is 0 Å². The first-order valence-electron chi connectivity index (χ1n) is 4.78. The van der Waals surface area contributed by atoms with Crippen molar-refractivity contribution in [3.8, 4) is 10.6 Å². The molecule has 0 aliphatic carbocycles. The van der Waals surface area contributed by atoms with E-state index >= 15 is 0 Å². The zero-order valence-corrected chi connectivity index (χ0v) is 9.44. The van der Waals surface area contributed by atoms with Gasteiger partial charge in [-0.15, -0.1) is 11.3 Å². The summed E-state index contributed by atoms with van der Waals surface area (Å²) in [6.07, 6.45) is 1.59. The summed E-state index contributed by atoms with van der Waals surface area (Å²) in [5.74, 6) is -1.25. The highest BCUT2D eigenvalue weighted by atomic mass is 32.1. The third kappa shape index (κ3) is 2.09. The predicted octanol–water partition coefficient (Wildman–Crippen LogP) is 2.39. The number of hydrogen-bond donors (Lipinski definition) is 1. The number of thiophene rings is 1. The molecule has 0 saturated carbocycles. The Morgan fingerprint density at radius 1 is 1.50 bits per heavy atom. The van der Waals surface area contributed by atoms with Crippen molar-refractivity contribution in [1.29, 1.82) is 0 Å². The van der Waals surface area contributed by atoms with Crippen molar-refractivity contribution in [2.24, 2.45) is 0 Å². The number of nitrogens with zero attached hydrogens (tertiary/aromatic N) is 2. The van der Waals surface area contributed by atoms with Gasteiger partial charge in [0.1, 0.15) is 11.7 Å². The van der Waals surface area contributed by atoms with Gasteiger partial charge in [0, 0.05) is 6.20 Å². The Morgan fingerprint density at radius 2 is 2.31 bits per heavy atom. The maximum Gasteiger partial charge on any atom is 0.313 e. The van der Waals surface area contributed by atoms with E-state index < -0.39 is 11.9 Å². The van der Waals surface area contributed by atoms with Gasteiger partial charge in [-0.3, -0.25) is 4.79 Å². The van der Waals surface area contributed by atoms with Crippen molar-refractivity contribution in [2.75, 3.05) is 0 Å². The van der Waals surface area contributed by atoms with Gasteiger partial charge in [-0.1, -0.05) is 6.07 Å². The van der Waals surface area contributed by atoms with Gasteiger partial charge in [-0.25, -0.2) is 9.97 Å². The van der Waals surface area contributed by atoms with Gasteiger partial charge in [-0.2, -0.15) is 0 Å². The molecule has 2 aromatic rings. The van der Waals surface area contributed by atoms with E-state index in [1.54, 1.807) is 30.5 Å². The molecule has 0 saturated heterocycles. The van der Waals surface area contributed by atoms with Crippen molar-refractivity contribution in [3.63, 3.8) is 0 Å². The van der Waals surface area contributed by atoms with Crippen molar-refractivity contribution in [1.82, 2.24) is 9.97 Å². The quantitative estimate of drug-likeness (QED) is 0.885. The minimum Gasteiger partial charge on any atom is -0.481 e. The van der Waals surface area contributed by atoms with E-state index in [2.05, 4.69) is 9.97 Å². The van der Waals surface area contributed by atoms with E-state index in [0.29, 0.717) is 5.82 Å². The molecule has 0 amide bonds. The molecule has 0 bridgehead atoms. The first-order chi connectivity index (χ1) is 7.68. The van der Waals surface area contributed by atoms with Gasteiger partial charge in [0.15, 0.2) is 0 Å². The van der Waals surface area contributed by atoms with Crippen LogP contribution in [0.3, 0.4) is 0 Å². The molecule has 16 heavy (non-hydrogen) atoms. The highest BCUT2D eigenvalue weighted by Gasteiger charge is 2.17. The molecule has 1 unspecified atom stereocenters. The number of aliphatic carboxylic acids is 1. The highest BCUT2D eigenvalue weighted by Crippen LogP contribution is 2.23. The van der Waals surface area contributed by atoms with E-state index in [-0.39, 0.29) is 0 Å². The molecule has 0 aromatic carbocycles. The number of aromatic nitrogens is 2. The van der Waals surface area contributed by atoms with Crippen LogP contribution in [-0.2, 0) is 4.79 Å².